The highest BCUT2D eigenvalue weighted by Crippen LogP contribution is 2.49. The quantitative estimate of drug-likeness (QED) is 0.174. The number of hydrogen-bond acceptors (Lipinski definition) is 5. The average molecular weight is 581 g/mol. The Bertz CT molecular complexity index is 1220. The first-order chi connectivity index (χ1) is 18.4. The third-order valence-corrected chi connectivity index (χ3v) is 9.42. The summed E-state index contributed by atoms with van der Waals surface area (Å²) in [5, 5.41) is 5.89. The minimum absolute atomic E-state index is 0.0113. The molecule has 2 aliphatic rings. The molecule has 1 saturated heterocycles. The van der Waals surface area contributed by atoms with Crippen molar-refractivity contribution in [2.45, 2.75) is 56.4 Å². The summed E-state index contributed by atoms with van der Waals surface area (Å²) in [7, 11) is 3.95. The van der Waals surface area contributed by atoms with Crippen LogP contribution in [-0.4, -0.2) is 60.0 Å². The largest absolute Gasteiger partial charge is 0.342 e. The molecule has 4 atom stereocenters. The van der Waals surface area contributed by atoms with E-state index in [4.69, 9.17) is 24.2 Å². The van der Waals surface area contributed by atoms with E-state index in [9.17, 15) is 18.0 Å². The molecule has 1 saturated carbocycles. The predicted octanol–water partition coefficient (Wildman–Crippen LogP) is 6.58. The predicted molar refractivity (Wildman–Crippen MR) is 154 cm³/mol. The van der Waals surface area contributed by atoms with Gasteiger partial charge in [-0.2, -0.15) is 17.7 Å². The molecule has 2 aromatic rings. The van der Waals surface area contributed by atoms with Crippen molar-refractivity contribution < 1.29 is 18.0 Å². The van der Waals surface area contributed by atoms with Crippen LogP contribution in [0.4, 0.5) is 18.9 Å². The minimum Gasteiger partial charge on any atom is -0.342 e. The summed E-state index contributed by atoms with van der Waals surface area (Å²) in [6, 6.07) is 8.11. The normalized spacial score (nSPS) is 25.0. The molecule has 1 amide bonds. The van der Waals surface area contributed by atoms with Gasteiger partial charge in [-0.1, -0.05) is 17.7 Å². The first kappa shape index (κ1) is 29.7. The molecule has 1 aliphatic heterocycles. The van der Waals surface area contributed by atoms with Crippen LogP contribution in [0.1, 0.15) is 51.0 Å². The highest BCUT2D eigenvalue weighted by Gasteiger charge is 2.49. The monoisotopic (exact) mass is 580 g/mol. The zero-order valence-electron chi connectivity index (χ0n) is 22.7. The molecule has 5 nitrogen and oxygen atoms in total. The molecule has 2 aromatic carbocycles. The minimum atomic E-state index is -0.625. The van der Waals surface area contributed by atoms with E-state index in [0.29, 0.717) is 50.0 Å². The molecule has 0 radical (unpaired) electrons. The van der Waals surface area contributed by atoms with Crippen molar-refractivity contribution in [3.8, 4) is 0 Å². The molecule has 39 heavy (non-hydrogen) atoms. The highest BCUT2D eigenvalue weighted by atomic mass is 35.5. The van der Waals surface area contributed by atoms with Crippen molar-refractivity contribution in [2.75, 3.05) is 32.2 Å². The van der Waals surface area contributed by atoms with Crippen LogP contribution in [0.25, 0.3) is 0 Å². The van der Waals surface area contributed by atoms with Crippen LogP contribution in [0.2, 0.25) is 5.02 Å². The van der Waals surface area contributed by atoms with E-state index in [-0.39, 0.29) is 33.7 Å². The maximum absolute atomic E-state index is 14.9. The Balaban J connectivity index is 1.49. The number of amides is 1. The third-order valence-electron chi connectivity index (χ3n) is 8.49. The Labute approximate surface area is 239 Å². The number of likely N-dealkylation sites (tertiary alicyclic amines) is 1. The van der Waals surface area contributed by atoms with Crippen molar-refractivity contribution in [3.05, 3.63) is 64.4 Å². The van der Waals surface area contributed by atoms with Crippen LogP contribution >= 0.6 is 24.2 Å². The molecule has 1 heterocycles. The van der Waals surface area contributed by atoms with E-state index in [1.807, 2.05) is 19.0 Å². The Morgan fingerprint density at radius 2 is 1.82 bits per heavy atom. The van der Waals surface area contributed by atoms with E-state index in [1.54, 1.807) is 24.2 Å². The van der Waals surface area contributed by atoms with Gasteiger partial charge in [0.25, 0.3) is 0 Å². The van der Waals surface area contributed by atoms with Gasteiger partial charge in [0.15, 0.2) is 0 Å². The summed E-state index contributed by atoms with van der Waals surface area (Å²) < 4.78 is 42.2. The van der Waals surface area contributed by atoms with Gasteiger partial charge in [-0.25, -0.2) is 13.2 Å². The fourth-order valence-corrected chi connectivity index (χ4v) is 6.63. The SMILES string of the molecule is CC=NN(c1ccc(F)c(Cl)c1)C(S)C1CCN(C(=O)C2CC(C)(N(C)C)CC2c2ccc(F)cc2F)CC1. The number of rotatable bonds is 7. The number of hydrazone groups is 1. The van der Waals surface area contributed by atoms with Gasteiger partial charge in [-0.3, -0.25) is 9.80 Å². The molecule has 0 aromatic heterocycles. The molecular formula is C29H36ClF3N4OS. The van der Waals surface area contributed by atoms with E-state index in [2.05, 4.69) is 16.9 Å². The van der Waals surface area contributed by atoms with Gasteiger partial charge in [0.05, 0.1) is 16.1 Å². The highest BCUT2D eigenvalue weighted by molar-refractivity contribution is 7.81. The molecule has 0 bridgehead atoms. The first-order valence-corrected chi connectivity index (χ1v) is 14.2. The Hall–Kier alpha value is -2.23. The van der Waals surface area contributed by atoms with Crippen LogP contribution < -0.4 is 5.01 Å². The van der Waals surface area contributed by atoms with Crippen LogP contribution in [-0.2, 0) is 4.79 Å². The summed E-state index contributed by atoms with van der Waals surface area (Å²) >= 11 is 10.9. The molecule has 0 spiro atoms. The maximum Gasteiger partial charge on any atom is 0.226 e. The molecule has 10 heteroatoms. The number of halogens is 4. The topological polar surface area (TPSA) is 39.1 Å². The summed E-state index contributed by atoms with van der Waals surface area (Å²) in [6.07, 6.45) is 4.27. The molecule has 1 aliphatic carbocycles. The first-order valence-electron chi connectivity index (χ1n) is 13.3. The van der Waals surface area contributed by atoms with Gasteiger partial charge < -0.3 is 9.80 Å². The Morgan fingerprint density at radius 3 is 2.41 bits per heavy atom. The van der Waals surface area contributed by atoms with E-state index < -0.39 is 23.4 Å². The van der Waals surface area contributed by atoms with Gasteiger partial charge in [0, 0.05) is 42.7 Å². The number of nitrogens with zero attached hydrogens (tertiary/aromatic N) is 4. The maximum atomic E-state index is 14.9. The van der Waals surface area contributed by atoms with Crippen molar-refractivity contribution in [3.63, 3.8) is 0 Å². The third kappa shape index (κ3) is 6.25. The lowest BCUT2D eigenvalue weighted by molar-refractivity contribution is -0.137. The number of thiol groups is 1. The number of hydrogen-bond donors (Lipinski definition) is 1. The van der Waals surface area contributed by atoms with Crippen molar-refractivity contribution in [1.82, 2.24) is 9.80 Å². The summed E-state index contributed by atoms with van der Waals surface area (Å²) in [6.45, 7) is 4.98. The van der Waals surface area contributed by atoms with Gasteiger partial charge >= 0.3 is 0 Å². The fourth-order valence-electron chi connectivity index (χ4n) is 5.96. The second-order valence-electron chi connectivity index (χ2n) is 11.1. The van der Waals surface area contributed by atoms with E-state index in [0.717, 1.165) is 6.07 Å². The van der Waals surface area contributed by atoms with Gasteiger partial charge in [0.1, 0.15) is 17.5 Å². The number of carbonyl (C=O) groups is 1. The molecule has 4 rings (SSSR count). The molecule has 0 N–H and O–H groups in total. The summed E-state index contributed by atoms with van der Waals surface area (Å²) in [5.41, 5.74) is 0.753. The van der Waals surface area contributed by atoms with Gasteiger partial charge in [-0.15, -0.1) is 0 Å². The Morgan fingerprint density at radius 1 is 1.13 bits per heavy atom. The van der Waals surface area contributed by atoms with Crippen LogP contribution in [0, 0.1) is 29.3 Å². The molecule has 4 unspecified atom stereocenters. The summed E-state index contributed by atoms with van der Waals surface area (Å²) in [4.78, 5) is 17.9. The standard InChI is InChI=1S/C29H36ClF3N4OS/c1-5-34-37(20-7-9-25(32)24(30)15-20)28(39)18-10-12-36(13-11-18)27(38)23-17-29(2,35(3)4)16-22(23)21-8-6-19(31)14-26(21)33/h5-9,14-15,18,22-23,28,39H,10-13,16-17H2,1-4H3. The Kier molecular flexibility index (Phi) is 9.23. The van der Waals surface area contributed by atoms with Gasteiger partial charge in [-0.05, 0) is 89.4 Å². The van der Waals surface area contributed by atoms with E-state index >= 15 is 0 Å². The van der Waals surface area contributed by atoms with Gasteiger partial charge in [0.2, 0.25) is 5.91 Å². The van der Waals surface area contributed by atoms with E-state index in [1.165, 1.54) is 24.3 Å². The lowest BCUT2D eigenvalue weighted by Gasteiger charge is -2.39. The van der Waals surface area contributed by atoms with Crippen LogP contribution in [0.3, 0.4) is 0 Å². The second kappa shape index (κ2) is 12.1. The molecule has 2 fully saturated rings. The molecule has 212 valence electrons. The van der Waals surface area contributed by atoms with Crippen LogP contribution in [0.5, 0.6) is 0 Å². The number of anilines is 1. The zero-order valence-corrected chi connectivity index (χ0v) is 24.4. The molecular weight excluding hydrogens is 545 g/mol. The van der Waals surface area contributed by atoms with Crippen molar-refractivity contribution in [1.29, 1.82) is 0 Å². The van der Waals surface area contributed by atoms with Crippen LogP contribution in [0.15, 0.2) is 41.5 Å². The zero-order chi connectivity index (χ0) is 28.5. The summed E-state index contributed by atoms with van der Waals surface area (Å²) in [5.74, 6) is -2.33. The lowest BCUT2D eigenvalue weighted by Crippen LogP contribution is -2.46. The fraction of sp³-hybridized carbons (Fsp3) is 0.517. The number of piperidine rings is 1. The lowest BCUT2D eigenvalue weighted by atomic mass is 9.86. The smallest absolute Gasteiger partial charge is 0.226 e. The van der Waals surface area contributed by atoms with Crippen molar-refractivity contribution in [2.24, 2.45) is 16.9 Å². The van der Waals surface area contributed by atoms with Crippen molar-refractivity contribution >= 4 is 42.0 Å². The second-order valence-corrected chi connectivity index (χ2v) is 12.0. The number of benzene rings is 2. The average Bonchev–Trinajstić information content (AvgIpc) is 3.27. The number of carbonyl (C=O) groups excluding carboxylic acids is 1.